The lowest BCUT2D eigenvalue weighted by Crippen LogP contribution is -1.90. The van der Waals surface area contributed by atoms with Crippen molar-refractivity contribution in [2.75, 3.05) is 0 Å². The molecule has 0 bridgehead atoms. The summed E-state index contributed by atoms with van der Waals surface area (Å²) in [7, 11) is 0. The number of fused-ring (bicyclic) bond motifs is 1. The highest BCUT2D eigenvalue weighted by Crippen LogP contribution is 2.33. The third-order valence-corrected chi connectivity index (χ3v) is 4.52. The molecule has 1 aromatic heterocycles. The Labute approximate surface area is 146 Å². The zero-order valence-electron chi connectivity index (χ0n) is 14.3. The van der Waals surface area contributed by atoms with E-state index in [1.54, 1.807) is 12.3 Å². The first-order chi connectivity index (χ1) is 12.1. The first-order valence-electron chi connectivity index (χ1n) is 8.33. The highest BCUT2D eigenvalue weighted by atomic mass is 19.1. The predicted octanol–water partition coefficient (Wildman–Crippen LogP) is 6.32. The van der Waals surface area contributed by atoms with E-state index >= 15 is 0 Å². The summed E-state index contributed by atoms with van der Waals surface area (Å²) in [6, 6.07) is 19.7. The SMILES string of the molecule is Cc1cccc(-c2ccc(F)c(-c3cncc4cc(C)ccc34)c2)c1. The van der Waals surface area contributed by atoms with Crippen LogP contribution in [-0.4, -0.2) is 4.98 Å². The number of pyridine rings is 1. The van der Waals surface area contributed by atoms with E-state index in [0.717, 1.165) is 27.5 Å². The molecule has 0 amide bonds. The average molecular weight is 327 g/mol. The predicted molar refractivity (Wildman–Crippen MR) is 102 cm³/mol. The lowest BCUT2D eigenvalue weighted by Gasteiger charge is -2.11. The van der Waals surface area contributed by atoms with E-state index in [-0.39, 0.29) is 5.82 Å². The monoisotopic (exact) mass is 327 g/mol. The van der Waals surface area contributed by atoms with E-state index in [2.05, 4.69) is 36.2 Å². The van der Waals surface area contributed by atoms with Crippen LogP contribution in [0.2, 0.25) is 0 Å². The van der Waals surface area contributed by atoms with Crippen LogP contribution in [0.4, 0.5) is 4.39 Å². The third kappa shape index (κ3) is 2.91. The van der Waals surface area contributed by atoms with Gasteiger partial charge in [-0.15, -0.1) is 0 Å². The highest BCUT2D eigenvalue weighted by Gasteiger charge is 2.11. The molecule has 0 aliphatic carbocycles. The molecule has 0 aliphatic rings. The molecular formula is C23H18FN. The van der Waals surface area contributed by atoms with Gasteiger partial charge in [-0.3, -0.25) is 4.98 Å². The van der Waals surface area contributed by atoms with E-state index in [1.165, 1.54) is 11.1 Å². The minimum atomic E-state index is -0.230. The minimum absolute atomic E-state index is 0.230. The molecule has 4 rings (SSSR count). The van der Waals surface area contributed by atoms with Gasteiger partial charge in [0.25, 0.3) is 0 Å². The Hall–Kier alpha value is -3.00. The van der Waals surface area contributed by atoms with Crippen LogP contribution in [0.15, 0.2) is 73.1 Å². The molecule has 1 heterocycles. The largest absolute Gasteiger partial charge is 0.263 e. The Bertz CT molecular complexity index is 1080. The third-order valence-electron chi connectivity index (χ3n) is 4.52. The summed E-state index contributed by atoms with van der Waals surface area (Å²) in [5, 5.41) is 2.04. The second-order valence-corrected chi connectivity index (χ2v) is 6.48. The normalized spacial score (nSPS) is 11.0. The molecule has 25 heavy (non-hydrogen) atoms. The van der Waals surface area contributed by atoms with Gasteiger partial charge in [-0.05, 0) is 48.6 Å². The van der Waals surface area contributed by atoms with Gasteiger partial charge in [-0.1, -0.05) is 53.6 Å². The molecule has 0 N–H and O–H groups in total. The van der Waals surface area contributed by atoms with Crippen molar-refractivity contribution in [1.82, 2.24) is 4.98 Å². The van der Waals surface area contributed by atoms with Crippen molar-refractivity contribution in [3.63, 3.8) is 0 Å². The van der Waals surface area contributed by atoms with E-state index in [0.29, 0.717) is 5.56 Å². The Morgan fingerprint density at radius 1 is 0.720 bits per heavy atom. The van der Waals surface area contributed by atoms with Gasteiger partial charge in [0.1, 0.15) is 5.82 Å². The quantitative estimate of drug-likeness (QED) is 0.419. The van der Waals surface area contributed by atoms with E-state index in [4.69, 9.17) is 0 Å². The van der Waals surface area contributed by atoms with Crippen LogP contribution in [0, 0.1) is 19.7 Å². The number of aryl methyl sites for hydroxylation is 2. The summed E-state index contributed by atoms with van der Waals surface area (Å²) < 4.78 is 14.6. The van der Waals surface area contributed by atoms with Crippen LogP contribution >= 0.6 is 0 Å². The van der Waals surface area contributed by atoms with Gasteiger partial charge in [0, 0.05) is 28.9 Å². The molecule has 0 aliphatic heterocycles. The molecule has 3 aromatic carbocycles. The standard InChI is InChI=1S/C23H18FN/c1-15-4-3-5-17(10-15)18-7-9-23(24)21(12-18)22-14-25-13-19-11-16(2)6-8-20(19)22/h3-14H,1-2H3. The van der Waals surface area contributed by atoms with E-state index < -0.39 is 0 Å². The summed E-state index contributed by atoms with van der Waals surface area (Å²) in [4.78, 5) is 4.32. The molecule has 0 unspecified atom stereocenters. The van der Waals surface area contributed by atoms with Gasteiger partial charge >= 0.3 is 0 Å². The lowest BCUT2D eigenvalue weighted by atomic mass is 9.95. The summed E-state index contributed by atoms with van der Waals surface area (Å²) in [5.41, 5.74) is 5.85. The van der Waals surface area contributed by atoms with Crippen molar-refractivity contribution in [3.8, 4) is 22.3 Å². The average Bonchev–Trinajstić information content (AvgIpc) is 2.61. The molecule has 1 nitrogen and oxygen atoms in total. The number of benzene rings is 3. The molecular weight excluding hydrogens is 309 g/mol. The zero-order valence-corrected chi connectivity index (χ0v) is 14.3. The fourth-order valence-electron chi connectivity index (χ4n) is 3.25. The van der Waals surface area contributed by atoms with Crippen LogP contribution in [0.3, 0.4) is 0 Å². The van der Waals surface area contributed by atoms with Gasteiger partial charge < -0.3 is 0 Å². The number of halogens is 1. The van der Waals surface area contributed by atoms with Crippen molar-refractivity contribution in [2.24, 2.45) is 0 Å². The van der Waals surface area contributed by atoms with Crippen LogP contribution in [-0.2, 0) is 0 Å². The summed E-state index contributed by atoms with van der Waals surface area (Å²) >= 11 is 0. The lowest BCUT2D eigenvalue weighted by molar-refractivity contribution is 0.631. The van der Waals surface area contributed by atoms with Gasteiger partial charge in [-0.25, -0.2) is 4.39 Å². The smallest absolute Gasteiger partial charge is 0.131 e. The molecule has 0 atom stereocenters. The number of hydrogen-bond acceptors (Lipinski definition) is 1. The maximum atomic E-state index is 14.6. The molecule has 0 saturated heterocycles. The van der Waals surface area contributed by atoms with Gasteiger partial charge in [0.15, 0.2) is 0 Å². The van der Waals surface area contributed by atoms with Crippen LogP contribution < -0.4 is 0 Å². The zero-order chi connectivity index (χ0) is 17.4. The Kier molecular flexibility index (Phi) is 3.81. The topological polar surface area (TPSA) is 12.9 Å². The first-order valence-corrected chi connectivity index (χ1v) is 8.33. The minimum Gasteiger partial charge on any atom is -0.263 e. The molecule has 4 aromatic rings. The number of hydrogen-bond donors (Lipinski definition) is 0. The van der Waals surface area contributed by atoms with Crippen LogP contribution in [0.25, 0.3) is 33.0 Å². The fraction of sp³-hybridized carbons (Fsp3) is 0.0870. The van der Waals surface area contributed by atoms with Gasteiger partial charge in [-0.2, -0.15) is 0 Å². The summed E-state index contributed by atoms with van der Waals surface area (Å²) in [5.74, 6) is -0.230. The van der Waals surface area contributed by atoms with Gasteiger partial charge in [0.05, 0.1) is 0 Å². The number of aromatic nitrogens is 1. The van der Waals surface area contributed by atoms with Crippen molar-refractivity contribution in [3.05, 3.63) is 90.0 Å². The summed E-state index contributed by atoms with van der Waals surface area (Å²) in [6.45, 7) is 4.11. The molecule has 0 radical (unpaired) electrons. The van der Waals surface area contributed by atoms with Crippen molar-refractivity contribution in [2.45, 2.75) is 13.8 Å². The molecule has 122 valence electrons. The first kappa shape index (κ1) is 15.5. The number of rotatable bonds is 2. The fourth-order valence-corrected chi connectivity index (χ4v) is 3.25. The second-order valence-electron chi connectivity index (χ2n) is 6.48. The maximum absolute atomic E-state index is 14.6. The van der Waals surface area contributed by atoms with E-state index in [9.17, 15) is 4.39 Å². The highest BCUT2D eigenvalue weighted by molar-refractivity contribution is 5.96. The van der Waals surface area contributed by atoms with Crippen molar-refractivity contribution in [1.29, 1.82) is 0 Å². The van der Waals surface area contributed by atoms with Crippen LogP contribution in [0.5, 0.6) is 0 Å². The molecule has 0 fully saturated rings. The van der Waals surface area contributed by atoms with Crippen molar-refractivity contribution < 1.29 is 4.39 Å². The van der Waals surface area contributed by atoms with Crippen molar-refractivity contribution >= 4 is 10.8 Å². The van der Waals surface area contributed by atoms with Gasteiger partial charge in [0.2, 0.25) is 0 Å². The van der Waals surface area contributed by atoms with Crippen LogP contribution in [0.1, 0.15) is 11.1 Å². The Balaban J connectivity index is 1.93. The maximum Gasteiger partial charge on any atom is 0.131 e. The molecule has 2 heteroatoms. The molecule has 0 saturated carbocycles. The summed E-state index contributed by atoms with van der Waals surface area (Å²) in [6.07, 6.45) is 3.57. The Morgan fingerprint density at radius 3 is 2.36 bits per heavy atom. The van der Waals surface area contributed by atoms with E-state index in [1.807, 2.05) is 43.5 Å². The number of nitrogens with zero attached hydrogens (tertiary/aromatic N) is 1. The Morgan fingerprint density at radius 2 is 1.52 bits per heavy atom. The second kappa shape index (κ2) is 6.14. The molecule has 0 spiro atoms.